The summed E-state index contributed by atoms with van der Waals surface area (Å²) < 4.78 is 0. The minimum atomic E-state index is 0.891. The number of hydrogen-bond donors (Lipinski definition) is 1. The zero-order valence-electron chi connectivity index (χ0n) is 8.20. The first kappa shape index (κ1) is 12.6. The van der Waals surface area contributed by atoms with Crippen molar-refractivity contribution < 1.29 is 0 Å². The summed E-state index contributed by atoms with van der Waals surface area (Å²) in [5.74, 6) is 0.891. The van der Waals surface area contributed by atoms with Gasteiger partial charge in [-0.25, -0.2) is 0 Å². The number of rotatable bonds is 4. The molecule has 1 atom stereocenters. The number of hydrogen-bond acceptors (Lipinski definition) is 1. The molecule has 0 aliphatic heterocycles. The molecule has 1 nitrogen and oxygen atoms in total. The van der Waals surface area contributed by atoms with Crippen molar-refractivity contribution in [1.82, 2.24) is 5.32 Å². The van der Waals surface area contributed by atoms with Crippen LogP contribution in [0, 0.1) is 5.92 Å². The van der Waals surface area contributed by atoms with Gasteiger partial charge in [0.15, 0.2) is 0 Å². The fraction of sp³-hybridized carbons (Fsp3) is 1.00. The molecule has 0 rings (SSSR count). The predicted octanol–water partition coefficient (Wildman–Crippen LogP) is 2.67. The Morgan fingerprint density at radius 3 is 2.10 bits per heavy atom. The summed E-state index contributed by atoms with van der Waals surface area (Å²) in [6.07, 6.45) is 2.62. The highest BCUT2D eigenvalue weighted by atomic mass is 14.8. The van der Waals surface area contributed by atoms with Crippen molar-refractivity contribution in [3.05, 3.63) is 0 Å². The Morgan fingerprint density at radius 2 is 1.80 bits per heavy atom. The molecule has 0 radical (unpaired) electrons. The average Bonchev–Trinajstić information content (AvgIpc) is 2.04. The Kier molecular flexibility index (Phi) is 14.8. The molecule has 0 fully saturated rings. The van der Waals surface area contributed by atoms with Crippen molar-refractivity contribution in [1.29, 1.82) is 0 Å². The van der Waals surface area contributed by atoms with E-state index in [-0.39, 0.29) is 0 Å². The summed E-state index contributed by atoms with van der Waals surface area (Å²) >= 11 is 0. The van der Waals surface area contributed by atoms with Gasteiger partial charge in [0.2, 0.25) is 0 Å². The van der Waals surface area contributed by atoms with Crippen molar-refractivity contribution in [3.63, 3.8) is 0 Å². The van der Waals surface area contributed by atoms with Gasteiger partial charge in [-0.2, -0.15) is 0 Å². The lowest BCUT2D eigenvalue weighted by Gasteiger charge is -2.05. The van der Waals surface area contributed by atoms with Gasteiger partial charge in [0.1, 0.15) is 0 Å². The first-order chi connectivity index (χ1) is 4.81. The van der Waals surface area contributed by atoms with Crippen LogP contribution in [0.5, 0.6) is 0 Å². The maximum absolute atomic E-state index is 3.13. The van der Waals surface area contributed by atoms with Crippen molar-refractivity contribution in [2.45, 2.75) is 40.5 Å². The van der Waals surface area contributed by atoms with Crippen LogP contribution in [0.1, 0.15) is 40.5 Å². The van der Waals surface area contributed by atoms with Gasteiger partial charge in [-0.3, -0.25) is 0 Å². The predicted molar refractivity (Wildman–Crippen MR) is 49.3 cm³/mol. The second kappa shape index (κ2) is 11.7. The molecule has 0 spiro atoms. The van der Waals surface area contributed by atoms with Gasteiger partial charge in [0, 0.05) is 0 Å². The monoisotopic (exact) mass is 145 g/mol. The molecule has 0 aromatic rings. The van der Waals surface area contributed by atoms with Crippen LogP contribution >= 0.6 is 0 Å². The van der Waals surface area contributed by atoms with Gasteiger partial charge in [-0.15, -0.1) is 0 Å². The Labute approximate surface area is 66.2 Å². The molecular formula is C9H23N. The van der Waals surface area contributed by atoms with E-state index in [0.717, 1.165) is 12.5 Å². The zero-order chi connectivity index (χ0) is 8.41. The Balaban J connectivity index is 0. The van der Waals surface area contributed by atoms with Gasteiger partial charge < -0.3 is 5.32 Å². The van der Waals surface area contributed by atoms with Gasteiger partial charge in [-0.05, 0) is 25.9 Å². The lowest BCUT2D eigenvalue weighted by Crippen LogP contribution is -2.10. The molecule has 0 aromatic heterocycles. The van der Waals surface area contributed by atoms with E-state index in [1.807, 2.05) is 20.9 Å². The van der Waals surface area contributed by atoms with E-state index in [1.54, 1.807) is 0 Å². The van der Waals surface area contributed by atoms with E-state index in [9.17, 15) is 0 Å². The molecule has 0 amide bonds. The summed E-state index contributed by atoms with van der Waals surface area (Å²) in [5, 5.41) is 3.13. The van der Waals surface area contributed by atoms with Crippen LogP contribution in [0.3, 0.4) is 0 Å². The SMILES string of the molecule is CC.CCC(C)CCNC. The summed E-state index contributed by atoms with van der Waals surface area (Å²) in [5.41, 5.74) is 0. The lowest BCUT2D eigenvalue weighted by molar-refractivity contribution is 0.503. The van der Waals surface area contributed by atoms with E-state index in [1.165, 1.54) is 12.8 Å². The largest absolute Gasteiger partial charge is 0.320 e. The quantitative estimate of drug-likeness (QED) is 0.641. The minimum absolute atomic E-state index is 0.891. The van der Waals surface area contributed by atoms with Gasteiger partial charge in [0.05, 0.1) is 0 Å². The molecule has 0 saturated carbocycles. The minimum Gasteiger partial charge on any atom is -0.320 e. The van der Waals surface area contributed by atoms with Crippen LogP contribution in [0.4, 0.5) is 0 Å². The van der Waals surface area contributed by atoms with Gasteiger partial charge >= 0.3 is 0 Å². The molecule has 0 heterocycles. The third kappa shape index (κ3) is 10.9. The zero-order valence-corrected chi connectivity index (χ0v) is 8.20. The van der Waals surface area contributed by atoms with Crippen LogP contribution in [0.25, 0.3) is 0 Å². The topological polar surface area (TPSA) is 12.0 Å². The first-order valence-corrected chi connectivity index (χ1v) is 4.45. The van der Waals surface area contributed by atoms with Gasteiger partial charge in [0.25, 0.3) is 0 Å². The van der Waals surface area contributed by atoms with Crippen LogP contribution < -0.4 is 5.32 Å². The molecule has 0 bridgehead atoms. The smallest absolute Gasteiger partial charge is 0.00494 e. The van der Waals surface area contributed by atoms with Crippen molar-refractivity contribution in [2.75, 3.05) is 13.6 Å². The maximum Gasteiger partial charge on any atom is -0.00494 e. The molecule has 0 aromatic carbocycles. The highest BCUT2D eigenvalue weighted by Crippen LogP contribution is 2.03. The summed E-state index contributed by atoms with van der Waals surface area (Å²) in [7, 11) is 2.00. The highest BCUT2D eigenvalue weighted by Gasteiger charge is 1.94. The van der Waals surface area contributed by atoms with E-state index in [0.29, 0.717) is 0 Å². The third-order valence-corrected chi connectivity index (χ3v) is 1.58. The molecule has 64 valence electrons. The summed E-state index contributed by atoms with van der Waals surface area (Å²) in [6.45, 7) is 9.69. The van der Waals surface area contributed by atoms with E-state index >= 15 is 0 Å². The standard InChI is InChI=1S/C7H17N.C2H6/c1-4-7(2)5-6-8-3;1-2/h7-8H,4-6H2,1-3H3;1-2H3. The molecule has 0 saturated heterocycles. The Bertz CT molecular complexity index is 44.0. The van der Waals surface area contributed by atoms with Crippen LogP contribution in [0.2, 0.25) is 0 Å². The fourth-order valence-electron chi connectivity index (χ4n) is 0.595. The number of nitrogens with one attached hydrogen (secondary N) is 1. The molecule has 1 heteroatoms. The molecule has 1 N–H and O–H groups in total. The van der Waals surface area contributed by atoms with E-state index in [4.69, 9.17) is 0 Å². The van der Waals surface area contributed by atoms with Crippen molar-refractivity contribution in [3.8, 4) is 0 Å². The van der Waals surface area contributed by atoms with E-state index < -0.39 is 0 Å². The average molecular weight is 145 g/mol. The summed E-state index contributed by atoms with van der Waals surface area (Å²) in [6, 6.07) is 0. The van der Waals surface area contributed by atoms with Crippen LogP contribution in [0.15, 0.2) is 0 Å². The second-order valence-electron chi connectivity index (χ2n) is 2.41. The van der Waals surface area contributed by atoms with Crippen LogP contribution in [-0.2, 0) is 0 Å². The summed E-state index contributed by atoms with van der Waals surface area (Å²) in [4.78, 5) is 0. The van der Waals surface area contributed by atoms with E-state index in [2.05, 4.69) is 19.2 Å². The molecule has 0 aliphatic carbocycles. The second-order valence-corrected chi connectivity index (χ2v) is 2.41. The highest BCUT2D eigenvalue weighted by molar-refractivity contribution is 4.50. The molecular weight excluding hydrogens is 122 g/mol. The molecule has 1 unspecified atom stereocenters. The van der Waals surface area contributed by atoms with Crippen LogP contribution in [-0.4, -0.2) is 13.6 Å². The van der Waals surface area contributed by atoms with Gasteiger partial charge in [-0.1, -0.05) is 34.1 Å². The van der Waals surface area contributed by atoms with Crippen molar-refractivity contribution >= 4 is 0 Å². The maximum atomic E-state index is 3.13. The normalized spacial score (nSPS) is 11.7. The fourth-order valence-corrected chi connectivity index (χ4v) is 0.595. The Hall–Kier alpha value is -0.0400. The van der Waals surface area contributed by atoms with Crippen molar-refractivity contribution in [2.24, 2.45) is 5.92 Å². The first-order valence-electron chi connectivity index (χ1n) is 4.45. The molecule has 10 heavy (non-hydrogen) atoms. The Morgan fingerprint density at radius 1 is 1.30 bits per heavy atom. The lowest BCUT2D eigenvalue weighted by atomic mass is 10.1. The molecule has 0 aliphatic rings. The third-order valence-electron chi connectivity index (χ3n) is 1.58.